The van der Waals surface area contributed by atoms with Gasteiger partial charge in [-0.3, -0.25) is 4.79 Å². The molecule has 2 aromatic rings. The molecule has 0 saturated carbocycles. The number of benzene rings is 1. The molecular formula is C18H18F3N5O. The topological polar surface area (TPSA) is 70.2 Å². The molecule has 0 bridgehead atoms. The van der Waals surface area contributed by atoms with Gasteiger partial charge in [-0.15, -0.1) is 0 Å². The van der Waals surface area contributed by atoms with Crippen LogP contribution in [0.15, 0.2) is 18.2 Å². The quantitative estimate of drug-likeness (QED) is 0.757. The minimum absolute atomic E-state index is 0.0132. The number of amides is 1. The van der Waals surface area contributed by atoms with Crippen molar-refractivity contribution in [2.75, 3.05) is 18.4 Å². The molecule has 2 aliphatic heterocycles. The fraction of sp³-hybridized carbons (Fsp3) is 0.389. The lowest BCUT2D eigenvalue weighted by Crippen LogP contribution is -2.41. The standard InChI is InChI=1S/C18H18F3N5O/c19-15-10(2-1-3-12(15)16(20)21)6-23-18-13-7-26(9-27)8-14(13)24-17(25-18)11-4-22-5-11/h1-3,9,11,16,22H,4-8H2,(H,23,24,25). The number of carbonyl (C=O) groups is 1. The molecule has 1 aromatic heterocycles. The molecule has 1 aromatic carbocycles. The Labute approximate surface area is 153 Å². The number of nitrogens with zero attached hydrogens (tertiary/aromatic N) is 3. The van der Waals surface area contributed by atoms with Gasteiger partial charge in [-0.25, -0.2) is 23.1 Å². The maximum Gasteiger partial charge on any atom is 0.266 e. The third kappa shape index (κ3) is 3.34. The normalized spacial score (nSPS) is 16.4. The smallest absolute Gasteiger partial charge is 0.266 e. The second-order valence-electron chi connectivity index (χ2n) is 6.70. The molecule has 0 spiro atoms. The minimum Gasteiger partial charge on any atom is -0.365 e. The van der Waals surface area contributed by atoms with Gasteiger partial charge in [-0.1, -0.05) is 18.2 Å². The summed E-state index contributed by atoms with van der Waals surface area (Å²) in [6.07, 6.45) is -2.12. The summed E-state index contributed by atoms with van der Waals surface area (Å²) in [6, 6.07) is 3.95. The Morgan fingerprint density at radius 1 is 1.30 bits per heavy atom. The SMILES string of the molecule is O=CN1Cc2nc(C3CNC3)nc(NCc3cccc(C(F)F)c3F)c2C1. The summed E-state index contributed by atoms with van der Waals surface area (Å²) in [5.41, 5.74) is 1.07. The van der Waals surface area contributed by atoms with Crippen LogP contribution in [0.2, 0.25) is 0 Å². The van der Waals surface area contributed by atoms with Crippen LogP contribution in [-0.4, -0.2) is 34.4 Å². The Balaban J connectivity index is 1.61. The first-order chi connectivity index (χ1) is 13.1. The maximum atomic E-state index is 14.3. The number of hydrogen-bond donors (Lipinski definition) is 2. The van der Waals surface area contributed by atoms with E-state index in [2.05, 4.69) is 20.6 Å². The lowest BCUT2D eigenvalue weighted by atomic mass is 10.0. The molecule has 9 heteroatoms. The van der Waals surface area contributed by atoms with E-state index in [0.29, 0.717) is 24.7 Å². The van der Waals surface area contributed by atoms with Gasteiger partial charge >= 0.3 is 0 Å². The van der Waals surface area contributed by atoms with Crippen LogP contribution >= 0.6 is 0 Å². The van der Waals surface area contributed by atoms with Crippen LogP contribution in [0.5, 0.6) is 0 Å². The molecule has 0 atom stereocenters. The number of aromatic nitrogens is 2. The monoisotopic (exact) mass is 377 g/mol. The molecule has 4 rings (SSSR count). The van der Waals surface area contributed by atoms with Crippen LogP contribution in [0.1, 0.15) is 40.6 Å². The van der Waals surface area contributed by atoms with E-state index in [4.69, 9.17) is 0 Å². The van der Waals surface area contributed by atoms with Gasteiger partial charge in [-0.2, -0.15) is 0 Å². The van der Waals surface area contributed by atoms with Crippen LogP contribution < -0.4 is 10.6 Å². The summed E-state index contributed by atoms with van der Waals surface area (Å²) in [6.45, 7) is 2.34. The molecular weight excluding hydrogens is 359 g/mol. The fourth-order valence-electron chi connectivity index (χ4n) is 3.26. The Kier molecular flexibility index (Phi) is 4.69. The van der Waals surface area contributed by atoms with Gasteiger partial charge in [0, 0.05) is 36.7 Å². The van der Waals surface area contributed by atoms with E-state index in [1.165, 1.54) is 12.1 Å². The highest BCUT2D eigenvalue weighted by Crippen LogP contribution is 2.30. The Hall–Kier alpha value is -2.68. The van der Waals surface area contributed by atoms with E-state index in [9.17, 15) is 18.0 Å². The van der Waals surface area contributed by atoms with Gasteiger partial charge in [-0.05, 0) is 0 Å². The lowest BCUT2D eigenvalue weighted by Gasteiger charge is -2.26. The van der Waals surface area contributed by atoms with Crippen LogP contribution in [0.4, 0.5) is 19.0 Å². The van der Waals surface area contributed by atoms with E-state index in [1.54, 1.807) is 4.90 Å². The number of alkyl halides is 2. The van der Waals surface area contributed by atoms with Crippen molar-refractivity contribution in [3.05, 3.63) is 52.2 Å². The van der Waals surface area contributed by atoms with Crippen LogP contribution in [-0.2, 0) is 24.4 Å². The largest absolute Gasteiger partial charge is 0.365 e. The van der Waals surface area contributed by atoms with Crippen molar-refractivity contribution in [1.29, 1.82) is 0 Å². The van der Waals surface area contributed by atoms with Crippen molar-refractivity contribution in [1.82, 2.24) is 20.2 Å². The Morgan fingerprint density at radius 2 is 2.11 bits per heavy atom. The predicted molar refractivity (Wildman–Crippen MR) is 91.6 cm³/mol. The van der Waals surface area contributed by atoms with Gasteiger partial charge in [0.25, 0.3) is 6.43 Å². The summed E-state index contributed by atoms with van der Waals surface area (Å²) in [5.74, 6) is 0.473. The second-order valence-corrected chi connectivity index (χ2v) is 6.70. The van der Waals surface area contributed by atoms with Crippen molar-refractivity contribution < 1.29 is 18.0 Å². The van der Waals surface area contributed by atoms with E-state index in [1.807, 2.05) is 0 Å². The van der Waals surface area contributed by atoms with Crippen LogP contribution in [0.3, 0.4) is 0 Å². The number of anilines is 1. The third-order valence-corrected chi connectivity index (χ3v) is 4.91. The molecule has 1 amide bonds. The van der Waals surface area contributed by atoms with Crippen molar-refractivity contribution in [2.24, 2.45) is 0 Å². The molecule has 1 saturated heterocycles. The third-order valence-electron chi connectivity index (χ3n) is 4.91. The van der Waals surface area contributed by atoms with Gasteiger partial charge in [0.1, 0.15) is 17.5 Å². The van der Waals surface area contributed by atoms with Crippen LogP contribution in [0.25, 0.3) is 0 Å². The maximum absolute atomic E-state index is 14.3. The molecule has 142 valence electrons. The first-order valence-corrected chi connectivity index (χ1v) is 8.66. The highest BCUT2D eigenvalue weighted by molar-refractivity contribution is 5.56. The van der Waals surface area contributed by atoms with Gasteiger partial charge in [0.15, 0.2) is 0 Å². The fourth-order valence-corrected chi connectivity index (χ4v) is 3.26. The highest BCUT2D eigenvalue weighted by Gasteiger charge is 2.29. The second kappa shape index (κ2) is 7.15. The summed E-state index contributed by atoms with van der Waals surface area (Å²) in [7, 11) is 0. The molecule has 6 nitrogen and oxygen atoms in total. The van der Waals surface area contributed by atoms with Gasteiger partial charge in [0.2, 0.25) is 6.41 Å². The van der Waals surface area contributed by atoms with E-state index in [-0.39, 0.29) is 18.0 Å². The molecule has 0 radical (unpaired) electrons. The Morgan fingerprint density at radius 3 is 2.78 bits per heavy atom. The van der Waals surface area contributed by atoms with Crippen molar-refractivity contribution in [2.45, 2.75) is 32.0 Å². The molecule has 2 N–H and O–H groups in total. The number of halogens is 3. The average molecular weight is 377 g/mol. The summed E-state index contributed by atoms with van der Waals surface area (Å²) >= 11 is 0. The van der Waals surface area contributed by atoms with Crippen molar-refractivity contribution >= 4 is 12.2 Å². The molecule has 3 heterocycles. The molecule has 27 heavy (non-hydrogen) atoms. The number of hydrogen-bond acceptors (Lipinski definition) is 5. The molecule has 0 aliphatic carbocycles. The minimum atomic E-state index is -2.87. The Bertz CT molecular complexity index is 872. The molecule has 0 unspecified atom stereocenters. The van der Waals surface area contributed by atoms with E-state index < -0.39 is 17.8 Å². The number of nitrogens with one attached hydrogen (secondary N) is 2. The zero-order valence-corrected chi connectivity index (χ0v) is 14.4. The first kappa shape index (κ1) is 17.7. The first-order valence-electron chi connectivity index (χ1n) is 8.66. The van der Waals surface area contributed by atoms with Gasteiger partial charge in [0.05, 0.1) is 24.3 Å². The van der Waals surface area contributed by atoms with Crippen molar-refractivity contribution in [3.63, 3.8) is 0 Å². The average Bonchev–Trinajstić information content (AvgIpc) is 3.02. The predicted octanol–water partition coefficient (Wildman–Crippen LogP) is 2.32. The summed E-state index contributed by atoms with van der Waals surface area (Å²) in [5, 5.41) is 6.22. The van der Waals surface area contributed by atoms with E-state index in [0.717, 1.165) is 36.8 Å². The zero-order valence-electron chi connectivity index (χ0n) is 14.4. The molecule has 2 aliphatic rings. The number of rotatable bonds is 6. The summed E-state index contributed by atoms with van der Waals surface area (Å²) in [4.78, 5) is 21.8. The highest BCUT2D eigenvalue weighted by atomic mass is 19.3. The van der Waals surface area contributed by atoms with Gasteiger partial charge < -0.3 is 15.5 Å². The van der Waals surface area contributed by atoms with Crippen molar-refractivity contribution in [3.8, 4) is 0 Å². The number of carbonyl (C=O) groups excluding carboxylic acids is 1. The van der Waals surface area contributed by atoms with E-state index >= 15 is 0 Å². The molecule has 1 fully saturated rings. The lowest BCUT2D eigenvalue weighted by molar-refractivity contribution is -0.118. The summed E-state index contributed by atoms with van der Waals surface area (Å²) < 4.78 is 40.1. The zero-order chi connectivity index (χ0) is 19.0. The number of fused-ring (bicyclic) bond motifs is 1. The van der Waals surface area contributed by atoms with Crippen LogP contribution in [0, 0.1) is 5.82 Å².